The highest BCUT2D eigenvalue weighted by atomic mass is 16.5. The highest BCUT2D eigenvalue weighted by Gasteiger charge is 2.06. The molecule has 6 heteroatoms. The number of rotatable bonds is 3. The number of fused-ring (bicyclic) bond motifs is 1. The maximum absolute atomic E-state index is 11.2. The fourth-order valence-corrected chi connectivity index (χ4v) is 1.24. The highest BCUT2D eigenvalue weighted by molar-refractivity contribution is 5.73. The molecule has 0 saturated heterocycles. The van der Waals surface area contributed by atoms with Crippen molar-refractivity contribution < 1.29 is 9.53 Å². The first kappa shape index (κ1) is 9.57. The molecule has 2 rings (SSSR count). The summed E-state index contributed by atoms with van der Waals surface area (Å²) in [7, 11) is 0. The average molecular weight is 206 g/mol. The fourth-order valence-electron chi connectivity index (χ4n) is 1.24. The molecule has 0 atom stereocenters. The zero-order valence-corrected chi connectivity index (χ0v) is 8.25. The molecular weight excluding hydrogens is 196 g/mol. The van der Waals surface area contributed by atoms with Gasteiger partial charge < -0.3 is 4.74 Å². The Labute approximate surface area is 85.9 Å². The van der Waals surface area contributed by atoms with Crippen LogP contribution in [0.5, 0.6) is 0 Å². The van der Waals surface area contributed by atoms with Crippen molar-refractivity contribution in [2.45, 2.75) is 13.5 Å². The Bertz CT molecular complexity index is 447. The number of ether oxygens (including phenoxy) is 1. The number of nitrogens with zero attached hydrogens (tertiary/aromatic N) is 4. The smallest absolute Gasteiger partial charge is 0.327 e. The highest BCUT2D eigenvalue weighted by Crippen LogP contribution is 2.05. The monoisotopic (exact) mass is 206 g/mol. The van der Waals surface area contributed by atoms with Gasteiger partial charge in [-0.15, -0.1) is 0 Å². The van der Waals surface area contributed by atoms with Crippen LogP contribution in [0.2, 0.25) is 0 Å². The molecule has 0 saturated carbocycles. The van der Waals surface area contributed by atoms with Gasteiger partial charge in [0.2, 0.25) is 0 Å². The molecule has 2 heterocycles. The molecule has 0 aromatic carbocycles. The maximum Gasteiger partial charge on any atom is 0.327 e. The molecule has 0 spiro atoms. The fraction of sp³-hybridized carbons (Fsp3) is 0.333. The molecule has 0 unspecified atom stereocenters. The van der Waals surface area contributed by atoms with E-state index >= 15 is 0 Å². The molecule has 0 aliphatic rings. The van der Waals surface area contributed by atoms with Gasteiger partial charge in [-0.25, -0.2) is 9.97 Å². The van der Waals surface area contributed by atoms with Crippen LogP contribution in [0.25, 0.3) is 11.0 Å². The summed E-state index contributed by atoms with van der Waals surface area (Å²) in [5.41, 5.74) is 1.39. The molecule has 0 aliphatic heterocycles. The molecule has 78 valence electrons. The van der Waals surface area contributed by atoms with Gasteiger partial charge in [0.1, 0.15) is 23.9 Å². The normalized spacial score (nSPS) is 10.5. The van der Waals surface area contributed by atoms with Crippen molar-refractivity contribution >= 4 is 17.0 Å². The predicted molar refractivity (Wildman–Crippen MR) is 52.0 cm³/mol. The van der Waals surface area contributed by atoms with Gasteiger partial charge >= 0.3 is 5.97 Å². The molecule has 0 aliphatic carbocycles. The van der Waals surface area contributed by atoms with E-state index < -0.39 is 0 Å². The maximum atomic E-state index is 11.2. The Kier molecular flexibility index (Phi) is 2.57. The lowest BCUT2D eigenvalue weighted by Crippen LogP contribution is -2.13. The van der Waals surface area contributed by atoms with Crippen LogP contribution in [0, 0.1) is 0 Å². The van der Waals surface area contributed by atoms with Gasteiger partial charge in [0.05, 0.1) is 19.0 Å². The van der Waals surface area contributed by atoms with E-state index in [1.807, 2.05) is 0 Å². The van der Waals surface area contributed by atoms with E-state index in [1.54, 1.807) is 19.3 Å². The van der Waals surface area contributed by atoms with Gasteiger partial charge in [0, 0.05) is 0 Å². The minimum Gasteiger partial charge on any atom is -0.465 e. The number of esters is 1. The molecule has 0 amide bonds. The molecule has 0 radical (unpaired) electrons. The van der Waals surface area contributed by atoms with E-state index in [0.29, 0.717) is 17.6 Å². The second-order valence-electron chi connectivity index (χ2n) is 2.92. The van der Waals surface area contributed by atoms with Crippen LogP contribution in [0.1, 0.15) is 6.92 Å². The summed E-state index contributed by atoms with van der Waals surface area (Å²) in [6.45, 7) is 2.24. The van der Waals surface area contributed by atoms with Crippen molar-refractivity contribution in [3.63, 3.8) is 0 Å². The first-order valence-electron chi connectivity index (χ1n) is 4.58. The summed E-state index contributed by atoms with van der Waals surface area (Å²) < 4.78 is 6.30. The van der Waals surface area contributed by atoms with Gasteiger partial charge in [-0.1, -0.05) is 0 Å². The van der Waals surface area contributed by atoms with Crippen molar-refractivity contribution in [2.24, 2.45) is 0 Å². The Balaban J connectivity index is 2.18. The largest absolute Gasteiger partial charge is 0.465 e. The molecule has 15 heavy (non-hydrogen) atoms. The summed E-state index contributed by atoms with van der Waals surface area (Å²) in [4.78, 5) is 19.0. The standard InChI is InChI=1S/C9H10N4O2/c1-2-15-9(14)5-13-4-8-7(12-13)3-10-6-11-8/h3-4,6H,2,5H2,1H3. The van der Waals surface area contributed by atoms with Crippen molar-refractivity contribution in [1.82, 2.24) is 19.7 Å². The van der Waals surface area contributed by atoms with Crippen LogP contribution in [-0.2, 0) is 16.1 Å². The Morgan fingerprint density at radius 3 is 3.13 bits per heavy atom. The molecule has 0 N–H and O–H groups in total. The lowest BCUT2D eigenvalue weighted by molar-refractivity contribution is -0.144. The zero-order valence-electron chi connectivity index (χ0n) is 8.25. The van der Waals surface area contributed by atoms with Gasteiger partial charge in [0.15, 0.2) is 0 Å². The van der Waals surface area contributed by atoms with Crippen molar-refractivity contribution in [3.8, 4) is 0 Å². The predicted octanol–water partition coefficient (Wildman–Crippen LogP) is 0.389. The van der Waals surface area contributed by atoms with Crippen LogP contribution in [0.4, 0.5) is 0 Å². The summed E-state index contributed by atoms with van der Waals surface area (Å²) in [6.07, 6.45) is 4.73. The Morgan fingerprint density at radius 1 is 1.53 bits per heavy atom. The van der Waals surface area contributed by atoms with Crippen LogP contribution in [0.3, 0.4) is 0 Å². The molecule has 6 nitrogen and oxygen atoms in total. The Morgan fingerprint density at radius 2 is 2.40 bits per heavy atom. The molecule has 2 aromatic rings. The summed E-state index contributed by atoms with van der Waals surface area (Å²) in [5, 5.41) is 4.13. The van der Waals surface area contributed by atoms with Crippen molar-refractivity contribution in [2.75, 3.05) is 6.61 Å². The lowest BCUT2D eigenvalue weighted by Gasteiger charge is -2.00. The van der Waals surface area contributed by atoms with Gasteiger partial charge in [-0.05, 0) is 6.92 Å². The number of hydrogen-bond acceptors (Lipinski definition) is 5. The minimum atomic E-state index is -0.307. The lowest BCUT2D eigenvalue weighted by atomic mass is 10.5. The number of hydrogen-bond donors (Lipinski definition) is 0. The van der Waals surface area contributed by atoms with E-state index in [9.17, 15) is 4.79 Å². The average Bonchev–Trinajstić information content (AvgIpc) is 2.59. The van der Waals surface area contributed by atoms with E-state index in [2.05, 4.69) is 15.1 Å². The molecule has 0 fully saturated rings. The minimum absolute atomic E-state index is 0.101. The van der Waals surface area contributed by atoms with Crippen LogP contribution in [0.15, 0.2) is 18.7 Å². The van der Waals surface area contributed by atoms with E-state index in [4.69, 9.17) is 4.74 Å². The third-order valence-corrected chi connectivity index (χ3v) is 1.83. The summed E-state index contributed by atoms with van der Waals surface area (Å²) in [6, 6.07) is 0. The van der Waals surface area contributed by atoms with Gasteiger partial charge in [0.25, 0.3) is 0 Å². The van der Waals surface area contributed by atoms with Crippen LogP contribution >= 0.6 is 0 Å². The second-order valence-corrected chi connectivity index (χ2v) is 2.92. The van der Waals surface area contributed by atoms with Gasteiger partial charge in [-0.3, -0.25) is 9.48 Å². The third kappa shape index (κ3) is 2.09. The van der Waals surface area contributed by atoms with E-state index in [1.165, 1.54) is 11.0 Å². The van der Waals surface area contributed by atoms with Crippen molar-refractivity contribution in [1.29, 1.82) is 0 Å². The van der Waals surface area contributed by atoms with Crippen molar-refractivity contribution in [3.05, 3.63) is 18.7 Å². The van der Waals surface area contributed by atoms with Crippen LogP contribution in [-0.4, -0.2) is 32.3 Å². The molecule has 0 bridgehead atoms. The Hall–Kier alpha value is -1.98. The second kappa shape index (κ2) is 4.04. The summed E-state index contributed by atoms with van der Waals surface area (Å²) >= 11 is 0. The first-order chi connectivity index (χ1) is 7.29. The molecule has 2 aromatic heterocycles. The van der Waals surface area contributed by atoms with Crippen LogP contribution < -0.4 is 0 Å². The van der Waals surface area contributed by atoms with E-state index in [-0.39, 0.29) is 12.5 Å². The van der Waals surface area contributed by atoms with E-state index in [0.717, 1.165) is 0 Å². The number of carbonyl (C=O) groups excluding carboxylic acids is 1. The SMILES string of the molecule is CCOC(=O)Cn1cc2ncncc2n1. The quantitative estimate of drug-likeness (QED) is 0.679. The van der Waals surface area contributed by atoms with Gasteiger partial charge in [-0.2, -0.15) is 5.10 Å². The first-order valence-corrected chi connectivity index (χ1v) is 4.58. The zero-order chi connectivity index (χ0) is 10.7. The number of aromatic nitrogens is 4. The number of carbonyl (C=O) groups is 1. The topological polar surface area (TPSA) is 69.9 Å². The molecular formula is C9H10N4O2. The summed E-state index contributed by atoms with van der Waals surface area (Å²) in [5.74, 6) is -0.307. The third-order valence-electron chi connectivity index (χ3n) is 1.83.